The van der Waals surface area contributed by atoms with E-state index < -0.39 is 28.2 Å². The molecule has 104 valence electrons. The van der Waals surface area contributed by atoms with E-state index in [1.807, 2.05) is 0 Å². The molecule has 0 heterocycles. The van der Waals surface area contributed by atoms with Gasteiger partial charge in [-0.1, -0.05) is 18.2 Å². The highest BCUT2D eigenvalue weighted by molar-refractivity contribution is 8.01. The van der Waals surface area contributed by atoms with E-state index >= 15 is 0 Å². The van der Waals surface area contributed by atoms with Crippen LogP contribution in [0.5, 0.6) is 0 Å². The number of halogens is 4. The van der Waals surface area contributed by atoms with Crippen LogP contribution in [0.1, 0.15) is 10.4 Å². The quantitative estimate of drug-likeness (QED) is 0.469. The summed E-state index contributed by atoms with van der Waals surface area (Å²) in [5.74, 6) is -3.93. The van der Waals surface area contributed by atoms with Gasteiger partial charge < -0.3 is 0 Å². The molecule has 0 aliphatic carbocycles. The van der Waals surface area contributed by atoms with Crippen LogP contribution in [0, 0.1) is 11.6 Å². The number of hydrogen-bond donors (Lipinski definition) is 0. The third kappa shape index (κ3) is 3.19. The minimum Gasteiger partial charge on any atom is -0.286 e. The lowest BCUT2D eigenvalue weighted by molar-refractivity contribution is 0.0562. The van der Waals surface area contributed by atoms with E-state index in [0.717, 1.165) is 6.07 Å². The molecule has 2 aromatic carbocycles. The first-order chi connectivity index (χ1) is 9.40. The van der Waals surface area contributed by atoms with E-state index in [4.69, 9.17) is 0 Å². The van der Waals surface area contributed by atoms with Gasteiger partial charge in [0.05, 0.1) is 5.56 Å². The number of Topliss-reactive ketones (excluding diaryl/α,β-unsaturated/α-hetero) is 1. The summed E-state index contributed by atoms with van der Waals surface area (Å²) in [6.07, 6.45) is 0. The first kappa shape index (κ1) is 14.6. The summed E-state index contributed by atoms with van der Waals surface area (Å²) >= 11 is 0.0184. The van der Waals surface area contributed by atoms with Crippen molar-refractivity contribution in [2.75, 3.05) is 0 Å². The van der Waals surface area contributed by atoms with Crippen molar-refractivity contribution >= 4 is 17.5 Å². The van der Waals surface area contributed by atoms with Gasteiger partial charge in [0.15, 0.2) is 0 Å². The summed E-state index contributed by atoms with van der Waals surface area (Å²) in [5.41, 5.74) is -0.833. The van der Waals surface area contributed by atoms with Crippen molar-refractivity contribution in [1.29, 1.82) is 0 Å². The van der Waals surface area contributed by atoms with Crippen LogP contribution in [0.15, 0.2) is 53.4 Å². The Hall–Kier alpha value is -1.82. The van der Waals surface area contributed by atoms with Crippen molar-refractivity contribution in [2.45, 2.75) is 10.2 Å². The molecule has 0 saturated heterocycles. The number of alkyl halides is 2. The maximum atomic E-state index is 13.8. The Morgan fingerprint density at radius 3 is 2.25 bits per heavy atom. The minimum atomic E-state index is -3.83. The Kier molecular flexibility index (Phi) is 4.13. The van der Waals surface area contributed by atoms with Gasteiger partial charge in [0.1, 0.15) is 11.6 Å². The summed E-state index contributed by atoms with van der Waals surface area (Å²) in [7, 11) is 0. The molecule has 0 spiro atoms. The SMILES string of the molecule is O=C(c1ccc(F)cc1F)C(F)(F)Sc1ccccc1. The molecule has 0 radical (unpaired) electrons. The maximum Gasteiger partial charge on any atom is 0.360 e. The molecule has 1 nitrogen and oxygen atoms in total. The zero-order valence-electron chi connectivity index (χ0n) is 9.95. The monoisotopic (exact) mass is 300 g/mol. The highest BCUT2D eigenvalue weighted by atomic mass is 32.2. The van der Waals surface area contributed by atoms with Gasteiger partial charge in [-0.05, 0) is 36.0 Å². The maximum absolute atomic E-state index is 13.8. The Bertz CT molecular complexity index is 628. The molecule has 0 aromatic heterocycles. The smallest absolute Gasteiger partial charge is 0.286 e. The van der Waals surface area contributed by atoms with Crippen molar-refractivity contribution < 1.29 is 22.4 Å². The highest BCUT2D eigenvalue weighted by Crippen LogP contribution is 2.38. The van der Waals surface area contributed by atoms with Crippen LogP contribution in [0.2, 0.25) is 0 Å². The van der Waals surface area contributed by atoms with Crippen LogP contribution in [-0.4, -0.2) is 11.0 Å². The first-order valence-electron chi connectivity index (χ1n) is 5.52. The molecule has 2 rings (SSSR count). The number of ketones is 1. The van der Waals surface area contributed by atoms with Gasteiger partial charge in [-0.25, -0.2) is 8.78 Å². The average molecular weight is 300 g/mol. The second-order valence-corrected chi connectivity index (χ2v) is 5.07. The highest BCUT2D eigenvalue weighted by Gasteiger charge is 2.41. The second-order valence-electron chi connectivity index (χ2n) is 3.89. The molecule has 0 fully saturated rings. The van der Waals surface area contributed by atoms with Crippen LogP contribution in [0.25, 0.3) is 0 Å². The molecule has 0 atom stereocenters. The lowest BCUT2D eigenvalue weighted by Crippen LogP contribution is -2.25. The Morgan fingerprint density at radius 2 is 1.65 bits per heavy atom. The van der Waals surface area contributed by atoms with E-state index in [2.05, 4.69) is 0 Å². The molecular formula is C14H8F4OS. The summed E-state index contributed by atoms with van der Waals surface area (Å²) < 4.78 is 53.7. The zero-order chi connectivity index (χ0) is 14.8. The predicted octanol–water partition coefficient (Wildman–Crippen LogP) is 4.53. The normalized spacial score (nSPS) is 11.4. The third-order valence-corrected chi connectivity index (χ3v) is 3.38. The number of carbonyl (C=O) groups is 1. The third-order valence-electron chi connectivity index (χ3n) is 2.43. The van der Waals surface area contributed by atoms with Crippen LogP contribution in [0.3, 0.4) is 0 Å². The molecule has 20 heavy (non-hydrogen) atoms. The Balaban J connectivity index is 2.27. The number of benzene rings is 2. The van der Waals surface area contributed by atoms with Crippen molar-refractivity contribution in [3.05, 3.63) is 65.7 Å². The van der Waals surface area contributed by atoms with Crippen molar-refractivity contribution in [3.8, 4) is 0 Å². The standard InChI is InChI=1S/C14H8F4OS/c15-9-6-7-11(12(16)8-9)13(19)14(17,18)20-10-4-2-1-3-5-10/h1-8H. The minimum absolute atomic E-state index is 0.0184. The van der Waals surface area contributed by atoms with E-state index in [-0.39, 0.29) is 16.7 Å². The fourth-order valence-corrected chi connectivity index (χ4v) is 2.31. The molecule has 0 N–H and O–H groups in total. The van der Waals surface area contributed by atoms with E-state index in [9.17, 15) is 22.4 Å². The van der Waals surface area contributed by atoms with Crippen LogP contribution >= 0.6 is 11.8 Å². The van der Waals surface area contributed by atoms with Gasteiger partial charge >= 0.3 is 5.25 Å². The topological polar surface area (TPSA) is 17.1 Å². The fourth-order valence-electron chi connectivity index (χ4n) is 1.51. The number of carbonyl (C=O) groups excluding carboxylic acids is 1. The number of rotatable bonds is 4. The van der Waals surface area contributed by atoms with Gasteiger partial charge in [-0.15, -0.1) is 0 Å². The average Bonchev–Trinajstić information content (AvgIpc) is 2.38. The van der Waals surface area contributed by atoms with E-state index in [1.54, 1.807) is 18.2 Å². The van der Waals surface area contributed by atoms with E-state index in [1.165, 1.54) is 12.1 Å². The number of hydrogen-bond acceptors (Lipinski definition) is 2. The molecule has 0 saturated carbocycles. The summed E-state index contributed by atoms with van der Waals surface area (Å²) in [6, 6.07) is 9.43. The molecule has 0 aliphatic heterocycles. The number of thioether (sulfide) groups is 1. The molecule has 2 aromatic rings. The predicted molar refractivity (Wildman–Crippen MR) is 67.9 cm³/mol. The van der Waals surface area contributed by atoms with Crippen LogP contribution < -0.4 is 0 Å². The molecule has 0 aliphatic rings. The van der Waals surface area contributed by atoms with Crippen LogP contribution in [-0.2, 0) is 0 Å². The zero-order valence-corrected chi connectivity index (χ0v) is 10.8. The van der Waals surface area contributed by atoms with Gasteiger partial charge in [0.2, 0.25) is 5.78 Å². The molecular weight excluding hydrogens is 292 g/mol. The van der Waals surface area contributed by atoms with Gasteiger partial charge in [0, 0.05) is 11.0 Å². The summed E-state index contributed by atoms with van der Waals surface area (Å²) in [6.45, 7) is 0. The molecule has 0 bridgehead atoms. The van der Waals surface area contributed by atoms with Crippen LogP contribution in [0.4, 0.5) is 17.6 Å². The Labute approximate surface area is 116 Å². The van der Waals surface area contributed by atoms with Gasteiger partial charge in [0.25, 0.3) is 0 Å². The second kappa shape index (κ2) is 5.66. The van der Waals surface area contributed by atoms with Gasteiger partial charge in [-0.2, -0.15) is 8.78 Å². The van der Waals surface area contributed by atoms with E-state index in [0.29, 0.717) is 12.1 Å². The molecule has 0 amide bonds. The Morgan fingerprint density at radius 1 is 1.00 bits per heavy atom. The van der Waals surface area contributed by atoms with Crippen molar-refractivity contribution in [1.82, 2.24) is 0 Å². The van der Waals surface area contributed by atoms with Gasteiger partial charge in [-0.3, -0.25) is 4.79 Å². The summed E-state index contributed by atoms with van der Waals surface area (Å²) in [5, 5.41) is -3.83. The summed E-state index contributed by atoms with van der Waals surface area (Å²) in [4.78, 5) is 11.8. The largest absolute Gasteiger partial charge is 0.360 e. The fraction of sp³-hybridized carbons (Fsp3) is 0.0714. The lowest BCUT2D eigenvalue weighted by Gasteiger charge is -2.14. The van der Waals surface area contributed by atoms with Crippen molar-refractivity contribution in [3.63, 3.8) is 0 Å². The lowest BCUT2D eigenvalue weighted by atomic mass is 10.1. The first-order valence-corrected chi connectivity index (χ1v) is 6.33. The molecule has 6 heteroatoms. The molecule has 0 unspecified atom stereocenters. The van der Waals surface area contributed by atoms with Crippen molar-refractivity contribution in [2.24, 2.45) is 0 Å².